The van der Waals surface area contributed by atoms with Crippen LogP contribution >= 0.6 is 11.3 Å². The standard InChI is InChI=1S/C30H39NO5S/c1-20-12-22-14-23(13-20)17-30(3,16-22)18-28(33)36-11-5-4-10-35-25-8-6-24(7-9-25)27-15-26(21(2)37-27)29(34)31-19-32/h6-9,15,19-20,22-23H,4-5,10-14,16-18H2,1-3H3,(H,31,32,34). The molecule has 2 aromatic rings. The number of esters is 1. The number of rotatable bonds is 11. The Morgan fingerprint density at radius 3 is 2.43 bits per heavy atom. The first-order chi connectivity index (χ1) is 17.7. The summed E-state index contributed by atoms with van der Waals surface area (Å²) < 4.78 is 11.4. The van der Waals surface area contributed by atoms with Crippen LogP contribution in [0.4, 0.5) is 0 Å². The lowest BCUT2D eigenvalue weighted by molar-refractivity contribution is -0.148. The predicted molar refractivity (Wildman–Crippen MR) is 146 cm³/mol. The minimum atomic E-state index is -0.388. The van der Waals surface area contributed by atoms with E-state index in [1.165, 1.54) is 43.4 Å². The number of imide groups is 1. The molecule has 1 heterocycles. The fraction of sp³-hybridized carbons (Fsp3) is 0.567. The normalized spacial score (nSPS) is 24.8. The van der Waals surface area contributed by atoms with Crippen LogP contribution in [0.5, 0.6) is 5.75 Å². The van der Waals surface area contributed by atoms with Crippen molar-refractivity contribution in [2.24, 2.45) is 23.2 Å². The molecular weight excluding hydrogens is 486 g/mol. The van der Waals surface area contributed by atoms with Crippen molar-refractivity contribution in [2.75, 3.05) is 13.2 Å². The van der Waals surface area contributed by atoms with Gasteiger partial charge in [-0.3, -0.25) is 19.7 Å². The molecule has 2 bridgehead atoms. The molecule has 0 spiro atoms. The molecule has 7 heteroatoms. The number of hydrogen-bond donors (Lipinski definition) is 1. The summed E-state index contributed by atoms with van der Waals surface area (Å²) in [6.45, 7) is 7.52. The molecule has 0 aliphatic heterocycles. The minimum absolute atomic E-state index is 0.0531. The van der Waals surface area contributed by atoms with Crippen LogP contribution in [0.25, 0.3) is 10.4 Å². The number of unbranched alkanes of at least 4 members (excludes halogenated alkanes) is 1. The zero-order valence-electron chi connectivity index (χ0n) is 22.2. The highest BCUT2D eigenvalue weighted by Gasteiger charge is 2.42. The van der Waals surface area contributed by atoms with Gasteiger partial charge >= 0.3 is 5.97 Å². The average molecular weight is 526 g/mol. The van der Waals surface area contributed by atoms with Crippen LogP contribution < -0.4 is 10.1 Å². The van der Waals surface area contributed by atoms with Crippen molar-refractivity contribution in [2.45, 2.75) is 72.1 Å². The van der Waals surface area contributed by atoms with E-state index < -0.39 is 0 Å². The summed E-state index contributed by atoms with van der Waals surface area (Å²) in [7, 11) is 0. The summed E-state index contributed by atoms with van der Waals surface area (Å²) in [4.78, 5) is 36.8. The fourth-order valence-corrected chi connectivity index (χ4v) is 7.55. The third kappa shape index (κ3) is 7.44. The second kappa shape index (κ2) is 12.2. The highest BCUT2D eigenvalue weighted by atomic mass is 32.1. The second-order valence-electron chi connectivity index (χ2n) is 11.4. The Kier molecular flexibility index (Phi) is 9.06. The van der Waals surface area contributed by atoms with Crippen molar-refractivity contribution in [3.8, 4) is 16.2 Å². The van der Waals surface area contributed by atoms with Crippen molar-refractivity contribution >= 4 is 29.6 Å². The van der Waals surface area contributed by atoms with Gasteiger partial charge in [-0.05, 0) is 111 Å². The van der Waals surface area contributed by atoms with Gasteiger partial charge < -0.3 is 9.47 Å². The molecule has 2 aliphatic rings. The molecular formula is C30H39NO5S. The Bertz CT molecular complexity index is 1070. The van der Waals surface area contributed by atoms with E-state index in [9.17, 15) is 14.4 Å². The molecule has 200 valence electrons. The van der Waals surface area contributed by atoms with E-state index in [0.29, 0.717) is 31.6 Å². The summed E-state index contributed by atoms with van der Waals surface area (Å²) in [5.74, 6) is 2.74. The monoisotopic (exact) mass is 525 g/mol. The van der Waals surface area contributed by atoms with Gasteiger partial charge in [-0.1, -0.05) is 13.8 Å². The molecule has 4 rings (SSSR count). The van der Waals surface area contributed by atoms with Crippen molar-refractivity contribution in [3.63, 3.8) is 0 Å². The third-order valence-electron chi connectivity index (χ3n) is 7.83. The number of benzene rings is 1. The van der Waals surface area contributed by atoms with Crippen molar-refractivity contribution in [1.82, 2.24) is 5.32 Å². The number of carbonyl (C=O) groups excluding carboxylic acids is 3. The summed E-state index contributed by atoms with van der Waals surface area (Å²) in [6.07, 6.45) is 8.86. The number of amides is 2. The summed E-state index contributed by atoms with van der Waals surface area (Å²) in [6, 6.07) is 9.55. The first-order valence-corrected chi connectivity index (χ1v) is 14.3. The van der Waals surface area contributed by atoms with Gasteiger partial charge in [-0.2, -0.15) is 0 Å². The molecule has 2 atom stereocenters. The van der Waals surface area contributed by atoms with E-state index in [0.717, 1.165) is 51.7 Å². The molecule has 0 radical (unpaired) electrons. The molecule has 2 unspecified atom stereocenters. The summed E-state index contributed by atoms with van der Waals surface area (Å²) in [5.41, 5.74) is 1.60. The van der Waals surface area contributed by atoms with Crippen molar-refractivity contribution in [1.29, 1.82) is 0 Å². The number of carbonyl (C=O) groups is 3. The van der Waals surface area contributed by atoms with Gasteiger partial charge in [0.25, 0.3) is 5.91 Å². The molecule has 2 fully saturated rings. The van der Waals surface area contributed by atoms with Gasteiger partial charge in [-0.15, -0.1) is 11.3 Å². The van der Waals surface area contributed by atoms with E-state index in [2.05, 4.69) is 19.2 Å². The molecule has 37 heavy (non-hydrogen) atoms. The van der Waals surface area contributed by atoms with E-state index in [4.69, 9.17) is 9.47 Å². The van der Waals surface area contributed by atoms with Crippen LogP contribution in [0.15, 0.2) is 30.3 Å². The van der Waals surface area contributed by atoms with Crippen LogP contribution in [0, 0.1) is 30.1 Å². The number of aryl methyl sites for hydroxylation is 1. The molecule has 2 amide bonds. The first-order valence-electron chi connectivity index (χ1n) is 13.5. The number of fused-ring (bicyclic) bond motifs is 2. The van der Waals surface area contributed by atoms with Crippen LogP contribution in [-0.4, -0.2) is 31.5 Å². The quantitative estimate of drug-likeness (QED) is 0.204. The number of thiophene rings is 1. The topological polar surface area (TPSA) is 81.7 Å². The van der Waals surface area contributed by atoms with Gasteiger partial charge in [0.05, 0.1) is 25.2 Å². The van der Waals surface area contributed by atoms with Crippen molar-refractivity contribution < 1.29 is 23.9 Å². The number of ether oxygens (including phenoxy) is 2. The number of hydrogen-bond acceptors (Lipinski definition) is 6. The highest BCUT2D eigenvalue weighted by Crippen LogP contribution is 2.51. The molecule has 2 saturated carbocycles. The number of nitrogens with one attached hydrogen (secondary N) is 1. The molecule has 1 aromatic heterocycles. The third-order valence-corrected chi connectivity index (χ3v) is 8.93. The fourth-order valence-electron chi connectivity index (χ4n) is 6.53. The zero-order chi connectivity index (χ0) is 26.4. The lowest BCUT2D eigenvalue weighted by Gasteiger charge is -2.47. The average Bonchev–Trinajstić information content (AvgIpc) is 3.22. The van der Waals surface area contributed by atoms with Gasteiger partial charge in [0, 0.05) is 9.75 Å². The maximum absolute atomic E-state index is 12.5. The van der Waals surface area contributed by atoms with Crippen LogP contribution in [-0.2, 0) is 14.3 Å². The molecule has 1 aromatic carbocycles. The minimum Gasteiger partial charge on any atom is -0.494 e. The Balaban J connectivity index is 1.14. The second-order valence-corrected chi connectivity index (χ2v) is 12.7. The lowest BCUT2D eigenvalue weighted by Crippen LogP contribution is -2.37. The van der Waals surface area contributed by atoms with E-state index >= 15 is 0 Å². The van der Waals surface area contributed by atoms with Crippen LogP contribution in [0.1, 0.15) is 80.4 Å². The molecule has 6 nitrogen and oxygen atoms in total. The maximum atomic E-state index is 12.5. The Hall–Kier alpha value is -2.67. The molecule has 1 N–H and O–H groups in total. The molecule has 0 saturated heterocycles. The Morgan fingerprint density at radius 1 is 1.08 bits per heavy atom. The Labute approximate surface area is 224 Å². The van der Waals surface area contributed by atoms with E-state index in [-0.39, 0.29) is 17.3 Å². The maximum Gasteiger partial charge on any atom is 0.306 e. The lowest BCUT2D eigenvalue weighted by atomic mass is 9.58. The molecule has 2 aliphatic carbocycles. The van der Waals surface area contributed by atoms with Crippen molar-refractivity contribution in [3.05, 3.63) is 40.8 Å². The highest BCUT2D eigenvalue weighted by molar-refractivity contribution is 7.15. The summed E-state index contributed by atoms with van der Waals surface area (Å²) in [5, 5.41) is 2.19. The first kappa shape index (κ1) is 27.4. The predicted octanol–water partition coefficient (Wildman–Crippen LogP) is 6.55. The smallest absolute Gasteiger partial charge is 0.306 e. The summed E-state index contributed by atoms with van der Waals surface area (Å²) >= 11 is 1.51. The van der Waals surface area contributed by atoms with Gasteiger partial charge in [0.1, 0.15) is 5.75 Å². The van der Waals surface area contributed by atoms with E-state index in [1.54, 1.807) is 6.07 Å². The van der Waals surface area contributed by atoms with Gasteiger partial charge in [0.2, 0.25) is 6.41 Å². The van der Waals surface area contributed by atoms with Crippen LogP contribution in [0.2, 0.25) is 0 Å². The SMILES string of the molecule is Cc1sc(-c2ccc(OCCCCOC(=O)CC3(C)CC4CC(C)CC(C4)C3)cc2)cc1C(=O)NC=O. The van der Waals surface area contributed by atoms with Gasteiger partial charge in [0.15, 0.2) is 0 Å². The van der Waals surface area contributed by atoms with Crippen LogP contribution in [0.3, 0.4) is 0 Å². The van der Waals surface area contributed by atoms with Gasteiger partial charge in [-0.25, -0.2) is 0 Å². The largest absolute Gasteiger partial charge is 0.494 e. The van der Waals surface area contributed by atoms with E-state index in [1.807, 2.05) is 31.2 Å². The zero-order valence-corrected chi connectivity index (χ0v) is 23.0. The Morgan fingerprint density at radius 2 is 1.76 bits per heavy atom.